The Morgan fingerprint density at radius 3 is 2.96 bits per heavy atom. The lowest BCUT2D eigenvalue weighted by Gasteiger charge is -2.08. The Kier molecular flexibility index (Phi) is 3.83. The largest absolute Gasteiger partial charge is 0.496 e. The Labute approximate surface area is 150 Å². The molecule has 0 saturated heterocycles. The van der Waals surface area contributed by atoms with Crippen LogP contribution in [0.2, 0.25) is 0 Å². The molecule has 0 amide bonds. The van der Waals surface area contributed by atoms with Crippen LogP contribution in [0.4, 0.5) is 5.13 Å². The van der Waals surface area contributed by atoms with E-state index in [0.29, 0.717) is 0 Å². The maximum absolute atomic E-state index is 5.52. The summed E-state index contributed by atoms with van der Waals surface area (Å²) in [5.41, 5.74) is 4.61. The van der Waals surface area contributed by atoms with Gasteiger partial charge in [-0.15, -0.1) is 11.3 Å². The lowest BCUT2D eigenvalue weighted by Crippen LogP contribution is -1.90. The molecule has 0 spiro atoms. The second-order valence-electron chi connectivity index (χ2n) is 5.27. The summed E-state index contributed by atoms with van der Waals surface area (Å²) in [6.45, 7) is 2.10. The van der Waals surface area contributed by atoms with Crippen LogP contribution in [-0.2, 0) is 6.42 Å². The quantitative estimate of drug-likeness (QED) is 0.416. The first-order chi connectivity index (χ1) is 11.2. The molecule has 3 nitrogen and oxygen atoms in total. The number of benzene rings is 1. The first-order valence-electron chi connectivity index (χ1n) is 7.11. The molecule has 0 aliphatic heterocycles. The van der Waals surface area contributed by atoms with E-state index in [1.54, 1.807) is 29.8 Å². The number of fused-ring (bicyclic) bond motifs is 3. The summed E-state index contributed by atoms with van der Waals surface area (Å²) >= 11 is 6.98. The second kappa shape index (κ2) is 5.85. The van der Waals surface area contributed by atoms with Gasteiger partial charge in [-0.2, -0.15) is 0 Å². The van der Waals surface area contributed by atoms with E-state index in [9.17, 15) is 0 Å². The molecule has 23 heavy (non-hydrogen) atoms. The monoisotopic (exact) mass is 404 g/mol. The van der Waals surface area contributed by atoms with Crippen LogP contribution in [0.5, 0.6) is 5.75 Å². The molecule has 0 N–H and O–H groups in total. The predicted molar refractivity (Wildman–Crippen MR) is 101 cm³/mol. The maximum atomic E-state index is 5.52. The van der Waals surface area contributed by atoms with Gasteiger partial charge in [-0.05, 0) is 41.6 Å². The molecule has 0 atom stereocenters. The van der Waals surface area contributed by atoms with Gasteiger partial charge < -0.3 is 4.74 Å². The minimum Gasteiger partial charge on any atom is -0.496 e. The number of rotatable bonds is 3. The normalized spacial score (nSPS) is 12.7. The van der Waals surface area contributed by atoms with E-state index in [0.717, 1.165) is 33.0 Å². The summed E-state index contributed by atoms with van der Waals surface area (Å²) in [5.74, 6) is 0.872. The molecule has 2 aromatic heterocycles. The van der Waals surface area contributed by atoms with E-state index in [1.165, 1.54) is 20.9 Å². The van der Waals surface area contributed by atoms with E-state index in [2.05, 4.69) is 39.3 Å². The number of ether oxygens (including phenoxy) is 1. The van der Waals surface area contributed by atoms with Crippen molar-refractivity contribution in [1.82, 2.24) is 4.98 Å². The molecule has 0 radical (unpaired) electrons. The Morgan fingerprint density at radius 2 is 2.22 bits per heavy atom. The number of methoxy groups -OCH3 is 1. The fourth-order valence-electron chi connectivity index (χ4n) is 2.70. The number of hydrogen-bond acceptors (Lipinski definition) is 5. The van der Waals surface area contributed by atoms with Crippen molar-refractivity contribution in [1.29, 1.82) is 0 Å². The smallest absolute Gasteiger partial charge is 0.209 e. The average molecular weight is 405 g/mol. The number of nitrogens with zero attached hydrogens (tertiary/aromatic N) is 2. The molecule has 3 aromatic rings. The summed E-state index contributed by atoms with van der Waals surface area (Å²) in [6.07, 6.45) is 2.79. The van der Waals surface area contributed by atoms with Gasteiger partial charge in [-0.3, -0.25) is 0 Å². The number of hydrogen-bond donors (Lipinski definition) is 0. The highest BCUT2D eigenvalue weighted by Gasteiger charge is 2.28. The van der Waals surface area contributed by atoms with Gasteiger partial charge in [-0.1, -0.05) is 27.3 Å². The van der Waals surface area contributed by atoms with Crippen LogP contribution in [0.15, 0.2) is 33.0 Å². The third-order valence-electron chi connectivity index (χ3n) is 3.89. The molecule has 0 unspecified atom stereocenters. The van der Waals surface area contributed by atoms with Gasteiger partial charge in [0.15, 0.2) is 0 Å². The molecular formula is C17H13BrN2OS2. The molecule has 0 fully saturated rings. The first-order valence-corrected chi connectivity index (χ1v) is 9.60. The summed E-state index contributed by atoms with van der Waals surface area (Å²) in [4.78, 5) is 11.7. The summed E-state index contributed by atoms with van der Waals surface area (Å²) < 4.78 is 6.63. The number of aliphatic imine (C=N–C) groups is 1. The van der Waals surface area contributed by atoms with Crippen molar-refractivity contribution >= 4 is 49.9 Å². The standard InChI is InChI=1S/C17H13BrN2OS2/c1-9-5-6-22-14(9)8-19-17-20-16-13(23-17)7-10-11(18)3-4-12(21-2)15(10)16/h3-6,8H,7H2,1-2H3. The van der Waals surface area contributed by atoms with Crippen molar-refractivity contribution in [3.63, 3.8) is 0 Å². The first kappa shape index (κ1) is 15.1. The molecule has 116 valence electrons. The van der Waals surface area contributed by atoms with Crippen LogP contribution in [0.1, 0.15) is 20.9 Å². The van der Waals surface area contributed by atoms with Gasteiger partial charge in [-0.25, -0.2) is 9.98 Å². The van der Waals surface area contributed by atoms with E-state index in [1.807, 2.05) is 18.3 Å². The van der Waals surface area contributed by atoms with Gasteiger partial charge >= 0.3 is 0 Å². The SMILES string of the molecule is COc1ccc(Br)c2c1-c1nc(N=Cc3sccc3C)sc1C2. The minimum absolute atomic E-state index is 0.801. The van der Waals surface area contributed by atoms with Gasteiger partial charge in [0.05, 0.1) is 12.8 Å². The van der Waals surface area contributed by atoms with E-state index >= 15 is 0 Å². The van der Waals surface area contributed by atoms with Crippen molar-refractivity contribution in [2.24, 2.45) is 4.99 Å². The zero-order chi connectivity index (χ0) is 16.0. The molecule has 1 aromatic carbocycles. The van der Waals surface area contributed by atoms with Gasteiger partial charge in [0.25, 0.3) is 0 Å². The minimum atomic E-state index is 0.801. The number of thiophene rings is 1. The maximum Gasteiger partial charge on any atom is 0.209 e. The Morgan fingerprint density at radius 1 is 1.35 bits per heavy atom. The lowest BCUT2D eigenvalue weighted by molar-refractivity contribution is 0.416. The zero-order valence-electron chi connectivity index (χ0n) is 12.6. The fraction of sp³-hybridized carbons (Fsp3) is 0.176. The van der Waals surface area contributed by atoms with E-state index in [-0.39, 0.29) is 0 Å². The number of halogens is 1. The van der Waals surface area contributed by atoms with Crippen molar-refractivity contribution in [3.8, 4) is 17.0 Å². The van der Waals surface area contributed by atoms with E-state index in [4.69, 9.17) is 9.72 Å². The van der Waals surface area contributed by atoms with Gasteiger partial charge in [0.2, 0.25) is 5.13 Å². The Bertz CT molecular complexity index is 927. The summed E-state index contributed by atoms with van der Waals surface area (Å²) in [5, 5.41) is 2.88. The highest BCUT2D eigenvalue weighted by atomic mass is 79.9. The van der Waals surface area contributed by atoms with Crippen LogP contribution >= 0.6 is 38.6 Å². The fourth-order valence-corrected chi connectivity index (χ4v) is 4.88. The summed E-state index contributed by atoms with van der Waals surface area (Å²) in [7, 11) is 1.70. The molecule has 4 rings (SSSR count). The van der Waals surface area contributed by atoms with Crippen LogP contribution in [0, 0.1) is 6.92 Å². The molecule has 1 aliphatic rings. The summed E-state index contributed by atoms with van der Waals surface area (Å²) in [6, 6.07) is 6.12. The highest BCUT2D eigenvalue weighted by molar-refractivity contribution is 9.10. The van der Waals surface area contributed by atoms with Gasteiger partial charge in [0, 0.05) is 32.4 Å². The molecule has 0 bridgehead atoms. The second-order valence-corrected chi connectivity index (χ2v) is 8.14. The third kappa shape index (κ3) is 2.55. The topological polar surface area (TPSA) is 34.5 Å². The molecule has 0 saturated carbocycles. The lowest BCUT2D eigenvalue weighted by atomic mass is 10.1. The number of aryl methyl sites for hydroxylation is 1. The highest BCUT2D eigenvalue weighted by Crippen LogP contribution is 2.48. The van der Waals surface area contributed by atoms with Gasteiger partial charge in [0.1, 0.15) is 5.75 Å². The van der Waals surface area contributed by atoms with Crippen LogP contribution in [0.3, 0.4) is 0 Å². The van der Waals surface area contributed by atoms with Crippen molar-refractivity contribution in [2.45, 2.75) is 13.3 Å². The molecule has 6 heteroatoms. The van der Waals surface area contributed by atoms with Crippen molar-refractivity contribution in [3.05, 3.63) is 48.9 Å². The van der Waals surface area contributed by atoms with E-state index < -0.39 is 0 Å². The zero-order valence-corrected chi connectivity index (χ0v) is 15.8. The van der Waals surface area contributed by atoms with Crippen molar-refractivity contribution in [2.75, 3.05) is 7.11 Å². The Hall–Kier alpha value is -1.50. The Balaban J connectivity index is 1.74. The number of thiazole rings is 1. The molecule has 1 aliphatic carbocycles. The predicted octanol–water partition coefficient (Wildman–Crippen LogP) is 5.61. The third-order valence-corrected chi connectivity index (χ3v) is 6.55. The van der Waals surface area contributed by atoms with Crippen LogP contribution in [-0.4, -0.2) is 18.3 Å². The molecular weight excluding hydrogens is 392 g/mol. The van der Waals surface area contributed by atoms with Crippen molar-refractivity contribution < 1.29 is 4.74 Å². The number of aromatic nitrogens is 1. The van der Waals surface area contributed by atoms with Crippen LogP contribution < -0.4 is 4.74 Å². The molecule has 2 heterocycles. The average Bonchev–Trinajstić information content (AvgIpc) is 3.20. The van der Waals surface area contributed by atoms with Crippen LogP contribution in [0.25, 0.3) is 11.3 Å².